The van der Waals surface area contributed by atoms with Crippen LogP contribution in [0, 0.1) is 0 Å². The van der Waals surface area contributed by atoms with E-state index in [4.69, 9.17) is 25.9 Å². The number of imidazole rings is 1. The highest BCUT2D eigenvalue weighted by molar-refractivity contribution is 5.91. The predicted molar refractivity (Wildman–Crippen MR) is 147 cm³/mol. The van der Waals surface area contributed by atoms with Crippen molar-refractivity contribution in [1.29, 1.82) is 0 Å². The topological polar surface area (TPSA) is 219 Å². The zero-order valence-electron chi connectivity index (χ0n) is 26.6. The Bertz CT molecular complexity index is 1320. The summed E-state index contributed by atoms with van der Waals surface area (Å²) in [6.07, 6.45) is -0.258. The van der Waals surface area contributed by atoms with E-state index in [9.17, 15) is 37.1 Å². The number of carbonyl (C=O) groups excluding carboxylic acids is 1. The number of alkyl halides is 3. The molecule has 0 aliphatic heterocycles. The summed E-state index contributed by atoms with van der Waals surface area (Å²) >= 11 is 0. The van der Waals surface area contributed by atoms with Crippen LogP contribution in [0.1, 0.15) is 49.3 Å². The number of carboxylic acid groups (broad SMARTS) is 4. The van der Waals surface area contributed by atoms with Crippen LogP contribution < -0.4 is 10.6 Å². The Morgan fingerprint density at radius 3 is 1.86 bits per heavy atom. The van der Waals surface area contributed by atoms with Gasteiger partial charge in [-0.3, -0.25) is 4.79 Å². The van der Waals surface area contributed by atoms with Crippen molar-refractivity contribution in [2.24, 2.45) is 0 Å². The van der Waals surface area contributed by atoms with Crippen molar-refractivity contribution in [3.63, 3.8) is 0 Å². The molecule has 0 bridgehead atoms. The molecule has 0 saturated heterocycles. The fourth-order valence-corrected chi connectivity index (χ4v) is 2.61. The van der Waals surface area contributed by atoms with E-state index in [0.717, 1.165) is 12.1 Å². The normalized spacial score (nSPS) is 13.6. The molecule has 13 nitrogen and oxygen atoms in total. The van der Waals surface area contributed by atoms with E-state index < -0.39 is 48.5 Å². The van der Waals surface area contributed by atoms with Gasteiger partial charge in [-0.2, -0.15) is 13.2 Å². The van der Waals surface area contributed by atoms with Crippen LogP contribution in [0.2, 0.25) is 0 Å². The van der Waals surface area contributed by atoms with Gasteiger partial charge in [0.05, 0.1) is 11.9 Å². The number of nitrogens with one attached hydrogen (secondary N) is 3. The number of carbonyl (C=O) groups is 5. The lowest BCUT2D eigenvalue weighted by molar-refractivity contribution is -0.137. The van der Waals surface area contributed by atoms with E-state index in [1.54, 1.807) is 6.92 Å². The SMILES string of the molecule is O=C(O)/C=C\C(=O)O.O=C(O)/C=C\C(=O)O.[2H]C([2H])(NC(C)CCCCC(=O)Nc1ccc(C(F)(F)F)cc1)C([2H])([2H])c1cnc[nH]1. The molecule has 1 aromatic heterocycles. The first-order valence-electron chi connectivity index (χ1n) is 14.1. The Hall–Kier alpha value is -4.99. The number of H-pyrrole nitrogens is 1. The number of aliphatic carboxylic acids is 4. The molecule has 0 aliphatic rings. The molecule has 2 rings (SSSR count). The summed E-state index contributed by atoms with van der Waals surface area (Å²) < 4.78 is 69.9. The maximum Gasteiger partial charge on any atom is 0.416 e. The van der Waals surface area contributed by atoms with Gasteiger partial charge in [0.25, 0.3) is 0 Å². The first kappa shape index (κ1) is 31.0. The molecule has 7 N–H and O–H groups in total. The highest BCUT2D eigenvalue weighted by Gasteiger charge is 2.29. The summed E-state index contributed by atoms with van der Waals surface area (Å²) in [5.74, 6) is -5.36. The number of benzene rings is 1. The molecule has 1 unspecified atom stereocenters. The maximum absolute atomic E-state index is 12.6. The van der Waals surface area contributed by atoms with Crippen LogP contribution in [-0.4, -0.2) is 72.7 Å². The number of carboxylic acids is 4. The van der Waals surface area contributed by atoms with Crippen LogP contribution in [0.3, 0.4) is 0 Å². The molecule has 0 radical (unpaired) electrons. The number of halogens is 3. The number of anilines is 1. The molecular weight excluding hydrogens is 581 g/mol. The quantitative estimate of drug-likeness (QED) is 0.120. The molecule has 0 saturated carbocycles. The van der Waals surface area contributed by atoms with E-state index in [0.29, 0.717) is 43.6 Å². The standard InChI is InChI=1S/C19H25F3N4O.2C4H4O4/c1-14(24-11-10-17-12-23-13-25-17)4-2-3-5-18(27)26-16-8-6-15(7-9-16)19(20,21)22;2*5-3(6)1-2-4(7)8/h6-9,12-14,24H,2-5,10-11H2,1H3,(H,23,25)(H,26,27);2*1-2H,(H,5,6)(H,7,8)/b;2*2-1-/i10D2,11D2;;. The lowest BCUT2D eigenvalue weighted by atomic mass is 10.1. The molecule has 1 atom stereocenters. The lowest BCUT2D eigenvalue weighted by Crippen LogP contribution is -2.28. The third-order valence-electron chi connectivity index (χ3n) is 4.54. The van der Waals surface area contributed by atoms with Crippen molar-refractivity contribution < 1.29 is 63.1 Å². The molecule has 43 heavy (non-hydrogen) atoms. The summed E-state index contributed by atoms with van der Waals surface area (Å²) in [7, 11) is 0. The summed E-state index contributed by atoms with van der Waals surface area (Å²) in [5.41, 5.74) is -0.483. The second kappa shape index (κ2) is 20.8. The minimum Gasteiger partial charge on any atom is -0.478 e. The molecule has 1 aromatic carbocycles. The second-order valence-electron chi connectivity index (χ2n) is 8.15. The molecule has 1 heterocycles. The third-order valence-corrected chi connectivity index (χ3v) is 4.54. The number of aromatic amines is 1. The van der Waals surface area contributed by atoms with Crippen molar-refractivity contribution >= 4 is 35.5 Å². The summed E-state index contributed by atoms with van der Waals surface area (Å²) in [6, 6.07) is 3.84. The number of unbranched alkanes of at least 4 members (excludes halogenated alkanes) is 1. The van der Waals surface area contributed by atoms with Crippen LogP contribution in [0.4, 0.5) is 18.9 Å². The van der Waals surface area contributed by atoms with E-state index in [-0.39, 0.29) is 29.8 Å². The van der Waals surface area contributed by atoms with Crippen molar-refractivity contribution in [3.05, 3.63) is 72.4 Å². The number of hydrogen-bond acceptors (Lipinski definition) is 7. The molecule has 236 valence electrons. The zero-order chi connectivity index (χ0) is 36.4. The molecule has 0 fully saturated rings. The van der Waals surface area contributed by atoms with Crippen molar-refractivity contribution in [1.82, 2.24) is 15.3 Å². The van der Waals surface area contributed by atoms with E-state index >= 15 is 0 Å². The monoisotopic (exact) mass is 618 g/mol. The van der Waals surface area contributed by atoms with Gasteiger partial charge < -0.3 is 36.0 Å². The van der Waals surface area contributed by atoms with Gasteiger partial charge in [-0.05, 0) is 44.0 Å². The summed E-state index contributed by atoms with van der Waals surface area (Å²) in [4.78, 5) is 56.5. The maximum atomic E-state index is 12.6. The van der Waals surface area contributed by atoms with Gasteiger partial charge in [0.2, 0.25) is 5.91 Å². The Morgan fingerprint density at radius 1 is 0.930 bits per heavy atom. The van der Waals surface area contributed by atoms with Gasteiger partial charge in [-0.15, -0.1) is 0 Å². The molecule has 0 spiro atoms. The van der Waals surface area contributed by atoms with Gasteiger partial charge in [0.1, 0.15) is 0 Å². The number of nitrogens with zero attached hydrogens (tertiary/aromatic N) is 1. The Labute approximate surface area is 249 Å². The average molecular weight is 619 g/mol. The largest absolute Gasteiger partial charge is 0.478 e. The van der Waals surface area contributed by atoms with Crippen molar-refractivity contribution in [2.75, 3.05) is 11.8 Å². The second-order valence-corrected chi connectivity index (χ2v) is 8.15. The molecule has 1 amide bonds. The Balaban J connectivity index is 0.00000109. The molecule has 0 aliphatic carbocycles. The average Bonchev–Trinajstić information content (AvgIpc) is 3.49. The van der Waals surface area contributed by atoms with Gasteiger partial charge in [0, 0.05) is 72.7 Å². The van der Waals surface area contributed by atoms with Crippen molar-refractivity contribution in [2.45, 2.75) is 51.2 Å². The molecule has 16 heteroatoms. The summed E-state index contributed by atoms with van der Waals surface area (Å²) in [6.45, 7) is -0.623. The fourth-order valence-electron chi connectivity index (χ4n) is 2.61. The minimum absolute atomic E-state index is 0.0251. The van der Waals surface area contributed by atoms with E-state index in [1.165, 1.54) is 24.7 Å². The highest BCUT2D eigenvalue weighted by atomic mass is 19.4. The van der Waals surface area contributed by atoms with Gasteiger partial charge >= 0.3 is 30.1 Å². The first-order chi connectivity index (χ1) is 21.6. The van der Waals surface area contributed by atoms with Gasteiger partial charge in [0.15, 0.2) is 0 Å². The van der Waals surface area contributed by atoms with Gasteiger partial charge in [-0.1, -0.05) is 6.42 Å². The van der Waals surface area contributed by atoms with Crippen LogP contribution in [-0.2, 0) is 36.5 Å². The van der Waals surface area contributed by atoms with E-state index in [2.05, 4.69) is 20.6 Å². The van der Waals surface area contributed by atoms with Crippen LogP contribution in [0.5, 0.6) is 0 Å². The molecular formula is C27H33F3N4O9. The van der Waals surface area contributed by atoms with E-state index in [1.807, 2.05) is 0 Å². The number of rotatable bonds is 14. The van der Waals surface area contributed by atoms with Crippen LogP contribution in [0.15, 0.2) is 61.1 Å². The smallest absolute Gasteiger partial charge is 0.416 e. The predicted octanol–water partition coefficient (Wildman–Crippen LogP) is 3.57. The minimum atomic E-state index is -4.43. The van der Waals surface area contributed by atoms with Crippen LogP contribution >= 0.6 is 0 Å². The zero-order valence-corrected chi connectivity index (χ0v) is 22.6. The number of hydrogen-bond donors (Lipinski definition) is 7. The Kier molecular flexibility index (Phi) is 15.0. The van der Waals surface area contributed by atoms with Crippen LogP contribution in [0.25, 0.3) is 0 Å². The highest BCUT2D eigenvalue weighted by Crippen LogP contribution is 2.29. The summed E-state index contributed by atoms with van der Waals surface area (Å²) in [5, 5.41) is 36.4. The molecule has 2 aromatic rings. The van der Waals surface area contributed by atoms with Gasteiger partial charge in [-0.25, -0.2) is 24.2 Å². The first-order valence-corrected chi connectivity index (χ1v) is 12.1. The fraction of sp³-hybridized carbons (Fsp3) is 0.333. The number of amides is 1. The third kappa shape index (κ3) is 22.4. The lowest BCUT2D eigenvalue weighted by Gasteiger charge is -2.13. The Morgan fingerprint density at radius 2 is 1.44 bits per heavy atom. The number of aryl methyl sites for hydroxylation is 1. The number of aromatic nitrogens is 2. The van der Waals surface area contributed by atoms with Crippen molar-refractivity contribution in [3.8, 4) is 0 Å².